The number of imide groups is 1. The first-order chi connectivity index (χ1) is 11.8. The summed E-state index contributed by atoms with van der Waals surface area (Å²) in [7, 11) is 0. The molecule has 1 aromatic carbocycles. The predicted molar refractivity (Wildman–Crippen MR) is 90.4 cm³/mol. The summed E-state index contributed by atoms with van der Waals surface area (Å²) in [5.41, 5.74) is -0.118. The van der Waals surface area contributed by atoms with Crippen LogP contribution in [0.5, 0.6) is 0 Å². The Labute approximate surface area is 145 Å². The number of halogens is 1. The van der Waals surface area contributed by atoms with Gasteiger partial charge in [0.05, 0.1) is 0 Å². The highest BCUT2D eigenvalue weighted by Gasteiger charge is 2.55. The number of aryl methyl sites for hydroxylation is 1. The number of hydrogen-bond acceptors (Lipinski definition) is 3. The third-order valence-corrected chi connectivity index (χ3v) is 5.26. The fourth-order valence-electron chi connectivity index (χ4n) is 3.65. The van der Waals surface area contributed by atoms with E-state index in [-0.39, 0.29) is 18.4 Å². The van der Waals surface area contributed by atoms with Crippen LogP contribution in [-0.4, -0.2) is 34.8 Å². The quantitative estimate of drug-likeness (QED) is 0.825. The maximum atomic E-state index is 13.6. The Morgan fingerprint density at radius 2 is 2.16 bits per heavy atom. The Hall–Kier alpha value is -2.44. The fourth-order valence-corrected chi connectivity index (χ4v) is 3.65. The van der Waals surface area contributed by atoms with E-state index in [0.29, 0.717) is 17.7 Å². The number of carbonyl (C=O) groups is 3. The van der Waals surface area contributed by atoms with Gasteiger partial charge in [0.15, 0.2) is 0 Å². The molecule has 0 radical (unpaired) electrons. The van der Waals surface area contributed by atoms with Crippen LogP contribution in [0.4, 0.5) is 14.9 Å². The third kappa shape index (κ3) is 3.10. The first-order valence-corrected chi connectivity index (χ1v) is 8.53. The highest BCUT2D eigenvalue weighted by molar-refractivity contribution is 6.10. The number of rotatable bonds is 3. The fraction of sp³-hybridized carbons (Fsp3) is 0.500. The van der Waals surface area contributed by atoms with Gasteiger partial charge in [-0.15, -0.1) is 0 Å². The standard InChI is InChI=1S/C18H22FN3O3/c1-11-6-7-13(9-14(11)19)20-15(23)10-22-16(24)18(21-17(22)25)8-4-3-5-12(18)2/h6-7,9,12H,3-5,8,10H2,1-2H3,(H,20,23)(H,21,25). The van der Waals surface area contributed by atoms with E-state index in [1.54, 1.807) is 19.1 Å². The molecule has 7 heteroatoms. The van der Waals surface area contributed by atoms with Crippen molar-refractivity contribution in [3.05, 3.63) is 29.6 Å². The molecule has 0 bridgehead atoms. The lowest BCUT2D eigenvalue weighted by molar-refractivity contribution is -0.136. The number of benzene rings is 1. The summed E-state index contributed by atoms with van der Waals surface area (Å²) in [4.78, 5) is 38.2. The summed E-state index contributed by atoms with van der Waals surface area (Å²) in [6.45, 7) is 3.20. The minimum absolute atomic E-state index is 0.0388. The van der Waals surface area contributed by atoms with E-state index in [2.05, 4.69) is 10.6 Å². The van der Waals surface area contributed by atoms with Gasteiger partial charge >= 0.3 is 6.03 Å². The molecule has 1 saturated heterocycles. The van der Waals surface area contributed by atoms with E-state index in [9.17, 15) is 18.8 Å². The summed E-state index contributed by atoms with van der Waals surface area (Å²) < 4.78 is 13.6. The van der Waals surface area contributed by atoms with Gasteiger partial charge in [-0.2, -0.15) is 0 Å². The van der Waals surface area contributed by atoms with Gasteiger partial charge in [-0.1, -0.05) is 25.8 Å². The van der Waals surface area contributed by atoms with E-state index >= 15 is 0 Å². The molecule has 2 unspecified atom stereocenters. The Kier molecular flexibility index (Phi) is 4.49. The number of hydrogen-bond donors (Lipinski definition) is 2. The number of nitrogens with zero attached hydrogens (tertiary/aromatic N) is 1. The molecular formula is C18H22FN3O3. The third-order valence-electron chi connectivity index (χ3n) is 5.26. The minimum Gasteiger partial charge on any atom is -0.324 e. The first kappa shape index (κ1) is 17.4. The van der Waals surface area contributed by atoms with E-state index in [0.717, 1.165) is 24.2 Å². The normalized spacial score (nSPS) is 26.0. The summed E-state index contributed by atoms with van der Waals surface area (Å²) in [6.07, 6.45) is 3.37. The second-order valence-electron chi connectivity index (χ2n) is 6.95. The molecule has 1 aliphatic carbocycles. The Morgan fingerprint density at radius 3 is 2.84 bits per heavy atom. The molecule has 1 spiro atoms. The molecule has 2 fully saturated rings. The Balaban J connectivity index is 1.69. The van der Waals surface area contributed by atoms with Crippen molar-refractivity contribution in [1.29, 1.82) is 0 Å². The second-order valence-corrected chi connectivity index (χ2v) is 6.95. The van der Waals surface area contributed by atoms with Crippen molar-refractivity contribution in [2.75, 3.05) is 11.9 Å². The molecule has 1 aliphatic heterocycles. The summed E-state index contributed by atoms with van der Waals surface area (Å²) in [5.74, 6) is -1.26. The zero-order valence-electron chi connectivity index (χ0n) is 14.4. The van der Waals surface area contributed by atoms with E-state index < -0.39 is 23.3 Å². The van der Waals surface area contributed by atoms with Gasteiger partial charge in [0, 0.05) is 5.69 Å². The van der Waals surface area contributed by atoms with Crippen LogP contribution >= 0.6 is 0 Å². The maximum Gasteiger partial charge on any atom is 0.325 e. The van der Waals surface area contributed by atoms with Gasteiger partial charge in [0.1, 0.15) is 17.9 Å². The SMILES string of the molecule is Cc1ccc(NC(=O)CN2C(=O)NC3(CCCCC3C)C2=O)cc1F. The number of nitrogens with one attached hydrogen (secondary N) is 2. The molecule has 2 atom stereocenters. The van der Waals surface area contributed by atoms with Crippen LogP contribution in [0.25, 0.3) is 0 Å². The second kappa shape index (κ2) is 6.46. The van der Waals surface area contributed by atoms with E-state index in [1.165, 1.54) is 6.07 Å². The average molecular weight is 347 g/mol. The zero-order valence-corrected chi connectivity index (χ0v) is 14.4. The van der Waals surface area contributed by atoms with Crippen LogP contribution in [0.3, 0.4) is 0 Å². The van der Waals surface area contributed by atoms with Gasteiger partial charge in [-0.3, -0.25) is 14.5 Å². The lowest BCUT2D eigenvalue weighted by Gasteiger charge is -2.36. The summed E-state index contributed by atoms with van der Waals surface area (Å²) >= 11 is 0. The smallest absolute Gasteiger partial charge is 0.324 e. The topological polar surface area (TPSA) is 78.5 Å². The Morgan fingerprint density at radius 1 is 1.40 bits per heavy atom. The van der Waals surface area contributed by atoms with Crippen molar-refractivity contribution in [3.63, 3.8) is 0 Å². The van der Waals surface area contributed by atoms with Crippen LogP contribution in [0.2, 0.25) is 0 Å². The largest absolute Gasteiger partial charge is 0.325 e. The highest BCUT2D eigenvalue weighted by atomic mass is 19.1. The predicted octanol–water partition coefficient (Wildman–Crippen LogP) is 2.57. The van der Waals surface area contributed by atoms with Gasteiger partial charge in [0.2, 0.25) is 5.91 Å². The highest BCUT2D eigenvalue weighted by Crippen LogP contribution is 2.38. The van der Waals surface area contributed by atoms with Crippen LogP contribution in [0.15, 0.2) is 18.2 Å². The minimum atomic E-state index is -0.883. The van der Waals surface area contributed by atoms with E-state index in [4.69, 9.17) is 0 Å². The van der Waals surface area contributed by atoms with Crippen molar-refractivity contribution in [2.24, 2.45) is 5.92 Å². The molecule has 0 aromatic heterocycles. The van der Waals surface area contributed by atoms with Gasteiger partial charge in [-0.25, -0.2) is 9.18 Å². The van der Waals surface area contributed by atoms with Crippen molar-refractivity contribution < 1.29 is 18.8 Å². The van der Waals surface area contributed by atoms with Crippen molar-refractivity contribution in [2.45, 2.75) is 45.1 Å². The molecule has 1 heterocycles. The molecule has 1 saturated carbocycles. The van der Waals surface area contributed by atoms with Gasteiger partial charge in [0.25, 0.3) is 5.91 Å². The molecule has 134 valence electrons. The molecule has 1 aromatic rings. The van der Waals surface area contributed by atoms with Crippen LogP contribution < -0.4 is 10.6 Å². The number of carbonyl (C=O) groups excluding carboxylic acids is 3. The monoisotopic (exact) mass is 347 g/mol. The van der Waals surface area contributed by atoms with Crippen LogP contribution in [-0.2, 0) is 9.59 Å². The van der Waals surface area contributed by atoms with Crippen molar-refractivity contribution in [3.8, 4) is 0 Å². The molecular weight excluding hydrogens is 325 g/mol. The molecule has 3 rings (SSSR count). The summed E-state index contributed by atoms with van der Waals surface area (Å²) in [6, 6.07) is 3.80. The molecule has 4 amide bonds. The Bertz CT molecular complexity index is 736. The maximum absolute atomic E-state index is 13.6. The number of anilines is 1. The lowest BCUT2D eigenvalue weighted by Crippen LogP contribution is -2.54. The molecule has 6 nitrogen and oxygen atoms in total. The van der Waals surface area contributed by atoms with Gasteiger partial charge in [-0.05, 0) is 43.4 Å². The number of amides is 4. The first-order valence-electron chi connectivity index (χ1n) is 8.53. The van der Waals surface area contributed by atoms with Crippen LogP contribution in [0.1, 0.15) is 38.2 Å². The van der Waals surface area contributed by atoms with Crippen molar-refractivity contribution in [1.82, 2.24) is 10.2 Å². The molecule has 25 heavy (non-hydrogen) atoms. The van der Waals surface area contributed by atoms with Crippen molar-refractivity contribution >= 4 is 23.5 Å². The molecule has 2 aliphatic rings. The summed E-state index contributed by atoms with van der Waals surface area (Å²) in [5, 5.41) is 5.33. The van der Waals surface area contributed by atoms with Gasteiger partial charge < -0.3 is 10.6 Å². The average Bonchev–Trinajstić information content (AvgIpc) is 2.79. The molecule has 2 N–H and O–H groups in total. The number of urea groups is 1. The zero-order chi connectivity index (χ0) is 18.2. The van der Waals surface area contributed by atoms with E-state index in [1.807, 2.05) is 6.92 Å². The van der Waals surface area contributed by atoms with Crippen LogP contribution in [0, 0.1) is 18.7 Å². The lowest BCUT2D eigenvalue weighted by atomic mass is 9.73.